The van der Waals surface area contributed by atoms with Crippen LogP contribution in [0.4, 0.5) is 0 Å². The number of hydrogen-bond acceptors (Lipinski definition) is 4. The minimum absolute atomic E-state index is 0.153. The van der Waals surface area contributed by atoms with E-state index in [-0.39, 0.29) is 18.4 Å². The molecule has 144 valence electrons. The Bertz CT molecular complexity index is 947. The summed E-state index contributed by atoms with van der Waals surface area (Å²) in [6, 6.07) is 15.0. The zero-order valence-corrected chi connectivity index (χ0v) is 16.4. The number of rotatable bonds is 4. The van der Waals surface area contributed by atoms with Gasteiger partial charge in [0.05, 0.1) is 25.3 Å². The molecule has 0 aromatic heterocycles. The van der Waals surface area contributed by atoms with E-state index in [0.29, 0.717) is 42.6 Å². The number of hydrogen-bond donors (Lipinski definition) is 0. The lowest BCUT2D eigenvalue weighted by atomic mass is 10.0. The van der Waals surface area contributed by atoms with E-state index < -0.39 is 0 Å². The van der Waals surface area contributed by atoms with Crippen molar-refractivity contribution in [1.29, 1.82) is 0 Å². The summed E-state index contributed by atoms with van der Waals surface area (Å²) in [5.41, 5.74) is 3.52. The lowest BCUT2D eigenvalue weighted by molar-refractivity contribution is -0.138. The van der Waals surface area contributed by atoms with E-state index in [1.165, 1.54) is 4.90 Å². The van der Waals surface area contributed by atoms with Gasteiger partial charge in [-0.3, -0.25) is 14.5 Å². The van der Waals surface area contributed by atoms with Crippen LogP contribution in [-0.2, 0) is 20.9 Å². The number of halogens is 1. The molecule has 0 unspecified atom stereocenters. The van der Waals surface area contributed by atoms with Crippen LogP contribution in [0.5, 0.6) is 0 Å². The predicted molar refractivity (Wildman–Crippen MR) is 108 cm³/mol. The van der Waals surface area contributed by atoms with Gasteiger partial charge in [0.2, 0.25) is 0 Å². The number of ether oxygens (including phenoxy) is 1. The fraction of sp³-hybridized carbons (Fsp3) is 0.273. The number of aryl methyl sites for hydroxylation is 1. The second kappa shape index (κ2) is 7.78. The summed E-state index contributed by atoms with van der Waals surface area (Å²) in [6.07, 6.45) is 0. The van der Waals surface area contributed by atoms with Gasteiger partial charge in [0.15, 0.2) is 0 Å². The zero-order valence-electron chi connectivity index (χ0n) is 15.7. The fourth-order valence-corrected chi connectivity index (χ4v) is 3.76. The molecule has 2 heterocycles. The molecule has 0 N–H and O–H groups in total. The molecule has 4 rings (SSSR count). The van der Waals surface area contributed by atoms with Crippen LogP contribution in [0.25, 0.3) is 5.57 Å². The van der Waals surface area contributed by atoms with Crippen molar-refractivity contribution in [2.75, 3.05) is 26.3 Å². The van der Waals surface area contributed by atoms with E-state index in [1.807, 2.05) is 54.3 Å². The second-order valence-corrected chi connectivity index (χ2v) is 7.38. The summed E-state index contributed by atoms with van der Waals surface area (Å²) in [5.74, 6) is -0.558. The Hall–Kier alpha value is -2.63. The van der Waals surface area contributed by atoms with E-state index in [2.05, 4.69) is 0 Å². The molecule has 2 aromatic rings. The molecule has 28 heavy (non-hydrogen) atoms. The van der Waals surface area contributed by atoms with Crippen LogP contribution in [0, 0.1) is 6.92 Å². The van der Waals surface area contributed by atoms with Crippen LogP contribution in [0.15, 0.2) is 54.2 Å². The molecule has 0 atom stereocenters. The summed E-state index contributed by atoms with van der Waals surface area (Å²) >= 11 is 6.26. The average Bonchev–Trinajstić information content (AvgIpc) is 2.95. The molecule has 0 spiro atoms. The van der Waals surface area contributed by atoms with Gasteiger partial charge < -0.3 is 9.64 Å². The highest BCUT2D eigenvalue weighted by Gasteiger charge is 2.41. The smallest absolute Gasteiger partial charge is 0.278 e. The molecule has 2 aliphatic rings. The molecule has 5 nitrogen and oxygen atoms in total. The monoisotopic (exact) mass is 396 g/mol. The first-order valence-corrected chi connectivity index (χ1v) is 9.67. The number of carbonyl (C=O) groups excluding carboxylic acids is 2. The van der Waals surface area contributed by atoms with E-state index >= 15 is 0 Å². The summed E-state index contributed by atoms with van der Waals surface area (Å²) in [5, 5.41) is 0.541. The summed E-state index contributed by atoms with van der Waals surface area (Å²) in [7, 11) is 0. The van der Waals surface area contributed by atoms with Crippen LogP contribution in [0.3, 0.4) is 0 Å². The van der Waals surface area contributed by atoms with E-state index in [4.69, 9.17) is 16.3 Å². The molecule has 0 saturated carbocycles. The highest BCUT2D eigenvalue weighted by atomic mass is 35.5. The maximum Gasteiger partial charge on any atom is 0.278 e. The van der Waals surface area contributed by atoms with Crippen molar-refractivity contribution in [3.63, 3.8) is 0 Å². The van der Waals surface area contributed by atoms with Gasteiger partial charge in [-0.2, -0.15) is 0 Å². The Balaban J connectivity index is 1.74. The van der Waals surface area contributed by atoms with Gasteiger partial charge in [0.25, 0.3) is 11.8 Å². The molecule has 1 saturated heterocycles. The number of morpholine rings is 1. The fourth-order valence-electron chi connectivity index (χ4n) is 3.56. The quantitative estimate of drug-likeness (QED) is 0.744. The molecular weight excluding hydrogens is 376 g/mol. The van der Waals surface area contributed by atoms with Gasteiger partial charge in [0, 0.05) is 18.1 Å². The van der Waals surface area contributed by atoms with Crippen LogP contribution in [0.2, 0.25) is 5.02 Å². The number of amides is 2. The summed E-state index contributed by atoms with van der Waals surface area (Å²) < 4.78 is 5.42. The molecule has 2 aliphatic heterocycles. The second-order valence-electron chi connectivity index (χ2n) is 6.98. The van der Waals surface area contributed by atoms with Crippen molar-refractivity contribution < 1.29 is 14.3 Å². The first kappa shape index (κ1) is 18.7. The van der Waals surface area contributed by atoms with Crippen LogP contribution in [-0.4, -0.2) is 47.9 Å². The van der Waals surface area contributed by atoms with Crippen LogP contribution in [0.1, 0.15) is 16.7 Å². The van der Waals surface area contributed by atoms with Crippen LogP contribution >= 0.6 is 11.6 Å². The number of nitrogens with zero attached hydrogens (tertiary/aromatic N) is 2. The summed E-state index contributed by atoms with van der Waals surface area (Å²) in [6.45, 7) is 4.40. The number of benzene rings is 2. The van der Waals surface area contributed by atoms with Gasteiger partial charge >= 0.3 is 0 Å². The minimum atomic E-state index is -0.282. The SMILES string of the molecule is Cc1ccc(C2=C(N3CCOCC3)C(=O)N(Cc3ccccc3Cl)C2=O)cc1. The Morgan fingerprint density at radius 2 is 1.64 bits per heavy atom. The molecule has 1 fully saturated rings. The maximum absolute atomic E-state index is 13.3. The van der Waals surface area contributed by atoms with E-state index in [0.717, 1.165) is 16.7 Å². The third-order valence-corrected chi connectivity index (χ3v) is 5.47. The molecular formula is C22H21ClN2O3. The molecule has 0 radical (unpaired) electrons. The van der Waals surface area contributed by atoms with Crippen molar-refractivity contribution in [3.8, 4) is 0 Å². The van der Waals surface area contributed by atoms with Gasteiger partial charge in [-0.05, 0) is 24.1 Å². The van der Waals surface area contributed by atoms with Crippen molar-refractivity contribution in [3.05, 3.63) is 75.9 Å². The molecule has 0 bridgehead atoms. The van der Waals surface area contributed by atoms with E-state index in [1.54, 1.807) is 6.07 Å². The highest BCUT2D eigenvalue weighted by molar-refractivity contribution is 6.35. The van der Waals surface area contributed by atoms with Crippen molar-refractivity contribution >= 4 is 29.0 Å². The number of carbonyl (C=O) groups is 2. The lowest BCUT2D eigenvalue weighted by Gasteiger charge is -2.29. The zero-order chi connectivity index (χ0) is 19.7. The Kier molecular flexibility index (Phi) is 5.20. The Morgan fingerprint density at radius 1 is 0.964 bits per heavy atom. The molecule has 2 amide bonds. The van der Waals surface area contributed by atoms with E-state index in [9.17, 15) is 9.59 Å². The lowest BCUT2D eigenvalue weighted by Crippen LogP contribution is -2.40. The maximum atomic E-state index is 13.3. The summed E-state index contributed by atoms with van der Waals surface area (Å²) in [4.78, 5) is 29.9. The van der Waals surface area contributed by atoms with Gasteiger partial charge in [0.1, 0.15) is 5.70 Å². The topological polar surface area (TPSA) is 49.9 Å². The first-order valence-electron chi connectivity index (χ1n) is 9.30. The first-order chi connectivity index (χ1) is 13.6. The Labute approximate surface area is 169 Å². The Morgan fingerprint density at radius 3 is 2.32 bits per heavy atom. The number of imide groups is 1. The minimum Gasteiger partial charge on any atom is -0.378 e. The normalized spacial score (nSPS) is 17.6. The molecule has 2 aromatic carbocycles. The standard InChI is InChI=1S/C22H21ClN2O3/c1-15-6-8-16(9-7-15)19-20(24-10-12-28-13-11-24)22(27)25(21(19)26)14-17-4-2-3-5-18(17)23/h2-9H,10-14H2,1H3. The van der Waals surface area contributed by atoms with Crippen LogP contribution < -0.4 is 0 Å². The molecule has 0 aliphatic carbocycles. The predicted octanol–water partition coefficient (Wildman–Crippen LogP) is 3.26. The highest BCUT2D eigenvalue weighted by Crippen LogP contribution is 2.33. The average molecular weight is 397 g/mol. The van der Waals surface area contributed by atoms with Crippen molar-refractivity contribution in [2.24, 2.45) is 0 Å². The van der Waals surface area contributed by atoms with Gasteiger partial charge in [-0.15, -0.1) is 0 Å². The molecule has 6 heteroatoms. The van der Waals surface area contributed by atoms with Gasteiger partial charge in [-0.1, -0.05) is 59.6 Å². The van der Waals surface area contributed by atoms with Crippen molar-refractivity contribution in [2.45, 2.75) is 13.5 Å². The van der Waals surface area contributed by atoms with Crippen molar-refractivity contribution in [1.82, 2.24) is 9.80 Å². The third kappa shape index (κ3) is 3.43. The van der Waals surface area contributed by atoms with Gasteiger partial charge in [-0.25, -0.2) is 0 Å². The third-order valence-electron chi connectivity index (χ3n) is 5.10. The largest absolute Gasteiger partial charge is 0.378 e.